The molecule has 1 aromatic rings. The van der Waals surface area contributed by atoms with E-state index in [1.54, 1.807) is 19.9 Å². The van der Waals surface area contributed by atoms with Gasteiger partial charge in [-0.3, -0.25) is 4.98 Å². The zero-order valence-electron chi connectivity index (χ0n) is 7.82. The van der Waals surface area contributed by atoms with E-state index in [9.17, 15) is 12.3 Å². The fraction of sp³-hybridized carbons (Fsp3) is 0.375. The van der Waals surface area contributed by atoms with Gasteiger partial charge in [-0.15, -0.1) is 0 Å². The van der Waals surface area contributed by atoms with Gasteiger partial charge >= 0.3 is 10.5 Å². The zero-order chi connectivity index (χ0) is 10.8. The number of hydrogen-bond donors (Lipinski definition) is 0. The van der Waals surface area contributed by atoms with Crippen molar-refractivity contribution >= 4 is 10.5 Å². The Balaban J connectivity index is 3.09. The minimum Gasteiger partial charge on any atom is -0.356 e. The van der Waals surface area contributed by atoms with Crippen molar-refractivity contribution in [2.75, 3.05) is 0 Å². The molecule has 4 nitrogen and oxygen atoms in total. The van der Waals surface area contributed by atoms with Crippen molar-refractivity contribution in [3.63, 3.8) is 0 Å². The Kier molecular flexibility index (Phi) is 3.05. The summed E-state index contributed by atoms with van der Waals surface area (Å²) >= 11 is 0. The monoisotopic (exact) mass is 219 g/mol. The van der Waals surface area contributed by atoms with E-state index in [2.05, 4.69) is 9.17 Å². The average Bonchev–Trinajstić information content (AvgIpc) is 2.06. The summed E-state index contributed by atoms with van der Waals surface area (Å²) in [5.41, 5.74) is 1.15. The Morgan fingerprint density at radius 2 is 2.14 bits per heavy atom. The third-order valence-electron chi connectivity index (χ3n) is 1.60. The van der Waals surface area contributed by atoms with Crippen LogP contribution in [0.5, 0.6) is 5.75 Å². The highest BCUT2D eigenvalue weighted by Crippen LogP contribution is 2.19. The third-order valence-corrected chi connectivity index (χ3v) is 1.97. The summed E-state index contributed by atoms with van der Waals surface area (Å²) in [7, 11) is -4.96. The molecule has 0 radical (unpaired) electrons. The van der Waals surface area contributed by atoms with Gasteiger partial charge in [-0.1, -0.05) is 10.8 Å². The third kappa shape index (κ3) is 2.95. The molecule has 0 aromatic carbocycles. The summed E-state index contributed by atoms with van der Waals surface area (Å²) in [6.07, 6.45) is 0.479. The number of nitrogens with zero attached hydrogens (tertiary/aromatic N) is 1. The first-order valence-corrected chi connectivity index (χ1v) is 5.34. The molecule has 0 unspecified atom stereocenters. The van der Waals surface area contributed by atoms with Gasteiger partial charge in [-0.25, -0.2) is 0 Å². The molecule has 0 aliphatic heterocycles. The van der Waals surface area contributed by atoms with Crippen LogP contribution in [0.1, 0.15) is 18.3 Å². The number of aromatic nitrogens is 1. The van der Waals surface area contributed by atoms with Gasteiger partial charge in [0.05, 0.1) is 5.69 Å². The maximum Gasteiger partial charge on any atom is 0.488 e. The molecule has 0 saturated carbocycles. The molecule has 0 aliphatic rings. The van der Waals surface area contributed by atoms with E-state index >= 15 is 0 Å². The van der Waals surface area contributed by atoms with Crippen LogP contribution in [0.15, 0.2) is 12.1 Å². The van der Waals surface area contributed by atoms with Crippen LogP contribution < -0.4 is 4.18 Å². The van der Waals surface area contributed by atoms with E-state index in [0.717, 1.165) is 5.69 Å². The fourth-order valence-electron chi connectivity index (χ4n) is 1.03. The van der Waals surface area contributed by atoms with E-state index in [4.69, 9.17) is 0 Å². The molecule has 1 aromatic heterocycles. The number of hydrogen-bond acceptors (Lipinski definition) is 4. The summed E-state index contributed by atoms with van der Waals surface area (Å²) in [5, 5.41) is 0. The van der Waals surface area contributed by atoms with Crippen LogP contribution in [-0.4, -0.2) is 13.4 Å². The standard InChI is InChI=1S/C8H10FNO3S/c1-3-7-8(13-14(9,11)12)5-4-6(2)10-7/h4-5H,3H2,1-2H3. The Morgan fingerprint density at radius 1 is 1.50 bits per heavy atom. The topological polar surface area (TPSA) is 56.3 Å². The lowest BCUT2D eigenvalue weighted by Crippen LogP contribution is -2.05. The Bertz CT molecular complexity index is 430. The second-order valence-electron chi connectivity index (χ2n) is 2.73. The molecule has 0 spiro atoms. The highest BCUT2D eigenvalue weighted by Gasteiger charge is 2.13. The molecule has 1 rings (SSSR count). The van der Waals surface area contributed by atoms with Gasteiger partial charge in [0.2, 0.25) is 0 Å². The van der Waals surface area contributed by atoms with Crippen molar-refractivity contribution in [2.45, 2.75) is 20.3 Å². The van der Waals surface area contributed by atoms with Crippen LogP contribution in [0, 0.1) is 6.92 Å². The van der Waals surface area contributed by atoms with Gasteiger partial charge in [-0.05, 0) is 25.5 Å². The van der Waals surface area contributed by atoms with Crippen LogP contribution in [0.2, 0.25) is 0 Å². The lowest BCUT2D eigenvalue weighted by Gasteiger charge is -2.05. The molecule has 0 bridgehead atoms. The normalized spacial score (nSPS) is 11.4. The maximum absolute atomic E-state index is 12.2. The van der Waals surface area contributed by atoms with E-state index in [0.29, 0.717) is 12.1 Å². The highest BCUT2D eigenvalue weighted by molar-refractivity contribution is 7.81. The predicted octanol–water partition coefficient (Wildman–Crippen LogP) is 1.55. The molecular formula is C8H10FNO3S. The number of rotatable bonds is 3. The van der Waals surface area contributed by atoms with E-state index in [1.807, 2.05) is 0 Å². The van der Waals surface area contributed by atoms with Gasteiger partial charge in [0.1, 0.15) is 0 Å². The summed E-state index contributed by atoms with van der Waals surface area (Å²) in [6, 6.07) is 2.94. The Morgan fingerprint density at radius 3 is 2.64 bits per heavy atom. The van der Waals surface area contributed by atoms with Crippen molar-refractivity contribution in [1.82, 2.24) is 4.98 Å². The highest BCUT2D eigenvalue weighted by atomic mass is 32.3. The molecule has 0 saturated heterocycles. The summed E-state index contributed by atoms with van der Waals surface area (Å²) in [5.74, 6) is -0.0550. The second kappa shape index (κ2) is 3.91. The summed E-state index contributed by atoms with van der Waals surface area (Å²) in [6.45, 7) is 3.53. The maximum atomic E-state index is 12.2. The second-order valence-corrected chi connectivity index (χ2v) is 3.68. The first-order chi connectivity index (χ1) is 6.42. The summed E-state index contributed by atoms with van der Waals surface area (Å²) in [4.78, 5) is 4.02. The largest absolute Gasteiger partial charge is 0.488 e. The molecule has 14 heavy (non-hydrogen) atoms. The summed E-state index contributed by atoms with van der Waals surface area (Å²) < 4.78 is 36.8. The lowest BCUT2D eigenvalue weighted by molar-refractivity contribution is 0.436. The Labute approximate surface area is 82.2 Å². The molecule has 0 atom stereocenters. The number of aryl methyl sites for hydroxylation is 2. The van der Waals surface area contributed by atoms with E-state index in [-0.39, 0.29) is 5.75 Å². The quantitative estimate of drug-likeness (QED) is 0.724. The van der Waals surface area contributed by atoms with Gasteiger partial charge in [-0.2, -0.15) is 8.42 Å². The van der Waals surface area contributed by atoms with Crippen LogP contribution >= 0.6 is 0 Å². The van der Waals surface area contributed by atoms with Crippen molar-refractivity contribution in [2.24, 2.45) is 0 Å². The molecule has 0 N–H and O–H groups in total. The number of pyridine rings is 1. The van der Waals surface area contributed by atoms with Crippen molar-refractivity contribution in [3.8, 4) is 5.75 Å². The predicted molar refractivity (Wildman–Crippen MR) is 49.0 cm³/mol. The Hall–Kier alpha value is -1.17. The number of halogens is 1. The minimum absolute atomic E-state index is 0.0550. The molecular weight excluding hydrogens is 209 g/mol. The zero-order valence-corrected chi connectivity index (χ0v) is 8.64. The van der Waals surface area contributed by atoms with Crippen molar-refractivity contribution in [3.05, 3.63) is 23.5 Å². The van der Waals surface area contributed by atoms with Crippen molar-refractivity contribution in [1.29, 1.82) is 0 Å². The van der Waals surface area contributed by atoms with Gasteiger partial charge < -0.3 is 4.18 Å². The van der Waals surface area contributed by atoms with Crippen LogP contribution in [0.4, 0.5) is 3.89 Å². The molecule has 0 amide bonds. The fourth-order valence-corrected chi connectivity index (χ4v) is 1.40. The van der Waals surface area contributed by atoms with Gasteiger partial charge in [0, 0.05) is 5.69 Å². The first-order valence-electron chi connectivity index (χ1n) is 4.03. The van der Waals surface area contributed by atoms with Crippen LogP contribution in [-0.2, 0) is 16.9 Å². The SMILES string of the molecule is CCc1nc(C)ccc1OS(=O)(=O)F. The minimum atomic E-state index is -4.96. The molecule has 78 valence electrons. The van der Waals surface area contributed by atoms with Crippen LogP contribution in [0.3, 0.4) is 0 Å². The van der Waals surface area contributed by atoms with E-state index in [1.165, 1.54) is 6.07 Å². The van der Waals surface area contributed by atoms with Gasteiger partial charge in [0.25, 0.3) is 0 Å². The average molecular weight is 219 g/mol. The van der Waals surface area contributed by atoms with Gasteiger partial charge in [0.15, 0.2) is 5.75 Å². The lowest BCUT2D eigenvalue weighted by atomic mass is 10.2. The van der Waals surface area contributed by atoms with Crippen molar-refractivity contribution < 1.29 is 16.5 Å². The molecule has 6 heteroatoms. The van der Waals surface area contributed by atoms with Crippen LogP contribution in [0.25, 0.3) is 0 Å². The molecule has 0 aliphatic carbocycles. The smallest absolute Gasteiger partial charge is 0.356 e. The van der Waals surface area contributed by atoms with E-state index < -0.39 is 10.5 Å². The first kappa shape index (κ1) is 10.9. The molecule has 1 heterocycles. The molecule has 0 fully saturated rings.